The molecule has 1 fully saturated rings. The third-order valence-electron chi connectivity index (χ3n) is 2.23. The van der Waals surface area contributed by atoms with Gasteiger partial charge in [-0.1, -0.05) is 19.8 Å². The van der Waals surface area contributed by atoms with Crippen LogP contribution in [0.15, 0.2) is 0 Å². The summed E-state index contributed by atoms with van der Waals surface area (Å²) in [5.41, 5.74) is 0. The van der Waals surface area contributed by atoms with Gasteiger partial charge in [0, 0.05) is 31.1 Å². The maximum absolute atomic E-state index is 11.5. The van der Waals surface area contributed by atoms with Crippen molar-refractivity contribution < 1.29 is 63.3 Å². The van der Waals surface area contributed by atoms with Crippen LogP contribution in [0, 0.1) is 37.5 Å². The van der Waals surface area contributed by atoms with E-state index in [1.807, 2.05) is 0 Å². The monoisotopic (exact) mass is 516 g/mol. The van der Waals surface area contributed by atoms with Crippen molar-refractivity contribution in [1.82, 2.24) is 5.06 Å². The van der Waals surface area contributed by atoms with Crippen molar-refractivity contribution in [2.24, 2.45) is 0 Å². The molecule has 1 unspecified atom stereocenters. The van der Waals surface area contributed by atoms with Crippen LogP contribution < -0.4 is 0 Å². The van der Waals surface area contributed by atoms with E-state index in [1.165, 1.54) is 0 Å². The number of nitrogens with zero attached hydrogens (tertiary/aromatic N) is 1. The summed E-state index contributed by atoms with van der Waals surface area (Å²) in [6.45, 7) is 1.60. The van der Waals surface area contributed by atoms with Gasteiger partial charge in [-0.15, -0.1) is 5.06 Å². The standard InChI is InChI=1S/C9H12NO7S.U/c1-2-3-6(18(14,15)16)9(13)17-10-7(11)4-5-8(10)12;/h4,6H,2-3,5H2,1H3,(H,14,15,16);/q-1;. The van der Waals surface area contributed by atoms with Gasteiger partial charge < -0.3 is 9.63 Å². The van der Waals surface area contributed by atoms with E-state index in [1.54, 1.807) is 6.92 Å². The van der Waals surface area contributed by atoms with Crippen molar-refractivity contribution in [2.75, 3.05) is 0 Å². The topological polar surface area (TPSA) is 118 Å². The Labute approximate surface area is 133 Å². The molecular formula is C9H12NO7SU-. The van der Waals surface area contributed by atoms with Crippen molar-refractivity contribution in [2.45, 2.75) is 31.4 Å². The zero-order chi connectivity index (χ0) is 13.9. The van der Waals surface area contributed by atoms with E-state index in [0.29, 0.717) is 6.42 Å². The van der Waals surface area contributed by atoms with E-state index >= 15 is 0 Å². The summed E-state index contributed by atoms with van der Waals surface area (Å²) in [5, 5.41) is -1.61. The summed E-state index contributed by atoms with van der Waals surface area (Å²) in [6, 6.07) is 0. The molecule has 8 nitrogen and oxygen atoms in total. The van der Waals surface area contributed by atoms with Crippen LogP contribution in [-0.2, 0) is 29.3 Å². The van der Waals surface area contributed by atoms with Crippen molar-refractivity contribution >= 4 is 27.9 Å². The molecule has 1 rings (SSSR count). The van der Waals surface area contributed by atoms with Gasteiger partial charge in [-0.05, 0) is 6.42 Å². The smallest absolute Gasteiger partial charge is 0.331 e. The predicted octanol–water partition coefficient (Wildman–Crippen LogP) is -0.536. The number of hydrogen-bond acceptors (Lipinski definition) is 6. The number of carbonyl (C=O) groups excluding carboxylic acids is 3. The van der Waals surface area contributed by atoms with Crippen LogP contribution in [0.1, 0.15) is 26.2 Å². The molecule has 1 aliphatic rings. The zero-order valence-corrected chi connectivity index (χ0v) is 15.0. The third-order valence-corrected chi connectivity index (χ3v) is 3.38. The van der Waals surface area contributed by atoms with Gasteiger partial charge in [0.05, 0.1) is 0 Å². The first kappa shape index (κ1) is 18.4. The first-order valence-corrected chi connectivity index (χ1v) is 6.66. The first-order chi connectivity index (χ1) is 8.27. The van der Waals surface area contributed by atoms with Gasteiger partial charge in [-0.2, -0.15) is 8.42 Å². The Kier molecular flexibility index (Phi) is 7.07. The maximum atomic E-state index is 11.5. The second-order valence-electron chi connectivity index (χ2n) is 3.64. The molecule has 0 aromatic heterocycles. The predicted molar refractivity (Wildman–Crippen MR) is 57.1 cm³/mol. The molecule has 10 heteroatoms. The van der Waals surface area contributed by atoms with Gasteiger partial charge in [0.1, 0.15) is 5.91 Å². The van der Waals surface area contributed by atoms with E-state index in [2.05, 4.69) is 4.84 Å². The Morgan fingerprint density at radius 2 is 2.11 bits per heavy atom. The average molecular weight is 516 g/mol. The number of amides is 2. The van der Waals surface area contributed by atoms with Crippen LogP contribution in [0.25, 0.3) is 0 Å². The summed E-state index contributed by atoms with van der Waals surface area (Å²) in [7, 11) is -4.64. The van der Waals surface area contributed by atoms with Crippen LogP contribution in [-0.4, -0.2) is 41.1 Å². The number of hydroxylamine groups is 2. The second-order valence-corrected chi connectivity index (χ2v) is 5.24. The Balaban J connectivity index is 0.00000324. The molecule has 2 amide bonds. The Bertz CT molecular complexity index is 459. The van der Waals surface area contributed by atoms with Gasteiger partial charge in [0.25, 0.3) is 10.1 Å². The summed E-state index contributed by atoms with van der Waals surface area (Å²) < 4.78 is 30.8. The molecule has 19 heavy (non-hydrogen) atoms. The molecule has 1 aliphatic heterocycles. The van der Waals surface area contributed by atoms with E-state index in [-0.39, 0.29) is 49.0 Å². The molecule has 1 atom stereocenters. The number of imide groups is 1. The minimum atomic E-state index is -4.64. The van der Waals surface area contributed by atoms with Gasteiger partial charge >= 0.3 is 5.97 Å². The van der Waals surface area contributed by atoms with Gasteiger partial charge in [-0.3, -0.25) is 15.8 Å². The number of carbonyl (C=O) groups is 3. The molecule has 0 bridgehead atoms. The first-order valence-electron chi connectivity index (χ1n) is 5.15. The van der Waals surface area contributed by atoms with E-state index in [4.69, 9.17) is 4.55 Å². The largest absolute Gasteiger partial charge is 0.353 e. The van der Waals surface area contributed by atoms with E-state index in [0.717, 1.165) is 6.42 Å². The molecule has 0 aromatic carbocycles. The molecule has 0 saturated carbocycles. The summed E-state index contributed by atoms with van der Waals surface area (Å²) in [4.78, 5) is 38.2. The van der Waals surface area contributed by atoms with Crippen LogP contribution in [0.5, 0.6) is 0 Å². The Hall–Kier alpha value is -0.558. The molecule has 0 radical (unpaired) electrons. The fourth-order valence-electron chi connectivity index (χ4n) is 1.36. The molecule has 106 valence electrons. The van der Waals surface area contributed by atoms with Crippen molar-refractivity contribution in [1.29, 1.82) is 0 Å². The minimum absolute atomic E-state index is 0. The fraction of sp³-hybridized carbons (Fsp3) is 0.556. The van der Waals surface area contributed by atoms with E-state index < -0.39 is 33.2 Å². The molecule has 1 N–H and O–H groups in total. The summed E-state index contributed by atoms with van der Waals surface area (Å²) in [5.74, 6) is -2.95. The van der Waals surface area contributed by atoms with Gasteiger partial charge in [0.15, 0.2) is 5.25 Å². The number of rotatable bonds is 5. The SMILES string of the molecule is CCCC(C(=O)ON1C(=O)[CH-]CC1=O)S(=O)(=O)O.[U]. The molecule has 0 aromatic rings. The average Bonchev–Trinajstić information content (AvgIpc) is 2.55. The molecule has 1 heterocycles. The second kappa shape index (κ2) is 7.28. The zero-order valence-electron chi connectivity index (χ0n) is 10.0. The molecule has 0 aliphatic carbocycles. The van der Waals surface area contributed by atoms with Crippen LogP contribution in [0.2, 0.25) is 0 Å². The van der Waals surface area contributed by atoms with Crippen LogP contribution >= 0.6 is 0 Å². The third kappa shape index (κ3) is 4.80. The van der Waals surface area contributed by atoms with Crippen molar-refractivity contribution in [3.63, 3.8) is 0 Å². The summed E-state index contributed by atoms with van der Waals surface area (Å²) >= 11 is 0. The van der Waals surface area contributed by atoms with Gasteiger partial charge in [-0.25, -0.2) is 4.79 Å². The number of hydrogen-bond donors (Lipinski definition) is 1. The fourth-order valence-corrected chi connectivity index (χ4v) is 2.18. The Morgan fingerprint density at radius 3 is 2.47 bits per heavy atom. The molecule has 0 spiro atoms. The Morgan fingerprint density at radius 1 is 1.53 bits per heavy atom. The normalized spacial score (nSPS) is 16.6. The quantitative estimate of drug-likeness (QED) is 0.297. The molecular weight excluding hydrogens is 504 g/mol. The van der Waals surface area contributed by atoms with Crippen molar-refractivity contribution in [3.8, 4) is 0 Å². The minimum Gasteiger partial charge on any atom is -0.331 e. The van der Waals surface area contributed by atoms with Crippen LogP contribution in [0.3, 0.4) is 0 Å². The van der Waals surface area contributed by atoms with Gasteiger partial charge in [0.2, 0.25) is 5.91 Å². The van der Waals surface area contributed by atoms with Crippen molar-refractivity contribution in [3.05, 3.63) is 6.42 Å². The summed E-state index contributed by atoms with van der Waals surface area (Å²) in [6.07, 6.45) is 0.916. The maximum Gasteiger partial charge on any atom is 0.353 e. The molecule has 1 saturated heterocycles. The van der Waals surface area contributed by atoms with Crippen LogP contribution in [0.4, 0.5) is 0 Å². The van der Waals surface area contributed by atoms with E-state index in [9.17, 15) is 22.8 Å².